The van der Waals surface area contributed by atoms with E-state index in [-0.39, 0.29) is 5.56 Å². The highest BCUT2D eigenvalue weighted by Gasteiger charge is 2.19. The molecule has 3 rings (SSSR count). The normalized spacial score (nSPS) is 13.2. The van der Waals surface area contributed by atoms with Crippen LogP contribution in [0.4, 0.5) is 5.69 Å². The Bertz CT molecular complexity index is 677. The van der Waals surface area contributed by atoms with Gasteiger partial charge in [0.05, 0.1) is 16.8 Å². The first-order chi connectivity index (χ1) is 9.25. The van der Waals surface area contributed by atoms with E-state index < -0.39 is 5.97 Å². The third-order valence-electron chi connectivity index (χ3n) is 2.97. The van der Waals surface area contributed by atoms with Crippen molar-refractivity contribution in [2.45, 2.75) is 6.61 Å². The molecule has 0 aromatic heterocycles. The second-order valence-electron chi connectivity index (χ2n) is 4.19. The van der Waals surface area contributed by atoms with Gasteiger partial charge in [0.2, 0.25) is 5.90 Å². The number of aliphatic imine (C=N–C) groups is 1. The van der Waals surface area contributed by atoms with Gasteiger partial charge in [0.25, 0.3) is 0 Å². The number of nitrogens with zero attached hydrogens (tertiary/aromatic N) is 1. The molecule has 0 fully saturated rings. The van der Waals surface area contributed by atoms with E-state index in [0.29, 0.717) is 18.1 Å². The second kappa shape index (κ2) is 4.57. The number of hydrogen-bond acceptors (Lipinski definition) is 3. The van der Waals surface area contributed by atoms with Crippen LogP contribution < -0.4 is 0 Å². The van der Waals surface area contributed by atoms with Crippen molar-refractivity contribution in [1.82, 2.24) is 0 Å². The van der Waals surface area contributed by atoms with Crippen LogP contribution in [0.25, 0.3) is 0 Å². The summed E-state index contributed by atoms with van der Waals surface area (Å²) >= 11 is 0. The summed E-state index contributed by atoms with van der Waals surface area (Å²) in [6.07, 6.45) is 0. The number of carboxylic acids is 1. The van der Waals surface area contributed by atoms with Crippen LogP contribution in [0.1, 0.15) is 21.5 Å². The molecule has 1 heterocycles. The van der Waals surface area contributed by atoms with Gasteiger partial charge in [-0.3, -0.25) is 0 Å². The van der Waals surface area contributed by atoms with Crippen LogP contribution in [-0.2, 0) is 11.3 Å². The minimum Gasteiger partial charge on any atom is -0.478 e. The molecule has 0 amide bonds. The molecule has 2 aromatic carbocycles. The highest BCUT2D eigenvalue weighted by molar-refractivity contribution is 6.06. The number of para-hydroxylation sites is 1. The van der Waals surface area contributed by atoms with E-state index in [9.17, 15) is 9.90 Å². The van der Waals surface area contributed by atoms with Gasteiger partial charge in [-0.2, -0.15) is 0 Å². The highest BCUT2D eigenvalue weighted by Crippen LogP contribution is 2.26. The van der Waals surface area contributed by atoms with Crippen LogP contribution >= 0.6 is 0 Å². The van der Waals surface area contributed by atoms with Gasteiger partial charge in [0, 0.05) is 5.56 Å². The van der Waals surface area contributed by atoms with Crippen LogP contribution in [0.3, 0.4) is 0 Å². The molecule has 0 unspecified atom stereocenters. The molecule has 0 bridgehead atoms. The predicted molar refractivity (Wildman–Crippen MR) is 70.8 cm³/mol. The molecule has 1 aliphatic heterocycles. The lowest BCUT2D eigenvalue weighted by molar-refractivity contribution is 0.0696. The molecule has 1 aliphatic rings. The molecule has 0 spiro atoms. The first kappa shape index (κ1) is 11.5. The maximum Gasteiger partial charge on any atom is 0.336 e. The van der Waals surface area contributed by atoms with Crippen molar-refractivity contribution >= 4 is 17.6 Å². The lowest BCUT2D eigenvalue weighted by Crippen LogP contribution is -2.15. The summed E-state index contributed by atoms with van der Waals surface area (Å²) in [5, 5.41) is 9.18. The molecule has 0 saturated carbocycles. The van der Waals surface area contributed by atoms with Gasteiger partial charge in [-0.1, -0.05) is 30.3 Å². The van der Waals surface area contributed by atoms with Crippen molar-refractivity contribution in [2.75, 3.05) is 0 Å². The fourth-order valence-electron chi connectivity index (χ4n) is 2.02. The number of carboxylic acid groups (broad SMARTS) is 1. The van der Waals surface area contributed by atoms with Gasteiger partial charge in [0.1, 0.15) is 6.61 Å². The van der Waals surface area contributed by atoms with E-state index in [1.165, 1.54) is 0 Å². The number of rotatable bonds is 2. The van der Waals surface area contributed by atoms with Crippen LogP contribution in [-0.4, -0.2) is 17.0 Å². The number of carbonyl (C=O) groups is 1. The van der Waals surface area contributed by atoms with E-state index in [4.69, 9.17) is 4.74 Å². The Hall–Kier alpha value is -2.62. The molecule has 0 atom stereocenters. The number of aromatic carboxylic acids is 1. The van der Waals surface area contributed by atoms with Crippen LogP contribution in [0.5, 0.6) is 0 Å². The quantitative estimate of drug-likeness (QED) is 0.895. The van der Waals surface area contributed by atoms with Gasteiger partial charge < -0.3 is 9.84 Å². The van der Waals surface area contributed by atoms with E-state index >= 15 is 0 Å². The van der Waals surface area contributed by atoms with Gasteiger partial charge >= 0.3 is 5.97 Å². The second-order valence-corrected chi connectivity index (χ2v) is 4.19. The van der Waals surface area contributed by atoms with Crippen molar-refractivity contribution in [3.63, 3.8) is 0 Å². The van der Waals surface area contributed by atoms with Crippen molar-refractivity contribution in [3.05, 3.63) is 65.2 Å². The topological polar surface area (TPSA) is 58.9 Å². The average molecular weight is 253 g/mol. The summed E-state index contributed by atoms with van der Waals surface area (Å²) in [5.41, 5.74) is 2.52. The third kappa shape index (κ3) is 2.08. The van der Waals surface area contributed by atoms with Gasteiger partial charge in [-0.15, -0.1) is 0 Å². The van der Waals surface area contributed by atoms with Gasteiger partial charge in [-0.05, 0) is 18.2 Å². The summed E-state index contributed by atoms with van der Waals surface area (Å²) in [5.74, 6) is -0.627. The van der Waals surface area contributed by atoms with Crippen molar-refractivity contribution in [2.24, 2.45) is 4.99 Å². The Morgan fingerprint density at radius 1 is 1.11 bits per heavy atom. The molecule has 2 aromatic rings. The number of fused-ring (bicyclic) bond motifs is 1. The molecule has 0 aliphatic carbocycles. The lowest BCUT2D eigenvalue weighted by Gasteiger charge is -2.17. The van der Waals surface area contributed by atoms with Crippen molar-refractivity contribution in [1.29, 1.82) is 0 Å². The Morgan fingerprint density at radius 3 is 2.68 bits per heavy atom. The SMILES string of the molecule is O=C(O)c1ccccc1C1=Nc2ccccc2CO1. The monoisotopic (exact) mass is 253 g/mol. The highest BCUT2D eigenvalue weighted by atomic mass is 16.5. The maximum atomic E-state index is 11.2. The third-order valence-corrected chi connectivity index (χ3v) is 2.97. The molecule has 1 N–H and O–H groups in total. The molecule has 0 radical (unpaired) electrons. The average Bonchev–Trinajstić information content (AvgIpc) is 2.46. The summed E-state index contributed by atoms with van der Waals surface area (Å²) in [4.78, 5) is 15.6. The summed E-state index contributed by atoms with van der Waals surface area (Å²) in [6, 6.07) is 14.4. The largest absolute Gasteiger partial charge is 0.478 e. The summed E-state index contributed by atoms with van der Waals surface area (Å²) in [6.45, 7) is 0.406. The zero-order valence-corrected chi connectivity index (χ0v) is 10.0. The molecule has 4 heteroatoms. The molecule has 4 nitrogen and oxygen atoms in total. The fraction of sp³-hybridized carbons (Fsp3) is 0.0667. The van der Waals surface area contributed by atoms with E-state index in [1.54, 1.807) is 24.3 Å². The van der Waals surface area contributed by atoms with Crippen molar-refractivity contribution in [3.8, 4) is 0 Å². The standard InChI is InChI=1S/C15H11NO3/c17-15(18)12-7-3-2-6-11(12)14-16-13-8-4-1-5-10(13)9-19-14/h1-8H,9H2,(H,17,18). The first-order valence-corrected chi connectivity index (χ1v) is 5.88. The van der Waals surface area contributed by atoms with E-state index in [2.05, 4.69) is 4.99 Å². The minimum atomic E-state index is -0.985. The molecule has 19 heavy (non-hydrogen) atoms. The molecular formula is C15H11NO3. The number of ether oxygens (including phenoxy) is 1. The molecule has 0 saturated heterocycles. The fourth-order valence-corrected chi connectivity index (χ4v) is 2.02. The number of benzene rings is 2. The minimum absolute atomic E-state index is 0.195. The molecular weight excluding hydrogens is 242 g/mol. The first-order valence-electron chi connectivity index (χ1n) is 5.88. The van der Waals surface area contributed by atoms with Crippen LogP contribution in [0, 0.1) is 0 Å². The Balaban J connectivity index is 2.10. The summed E-state index contributed by atoms with van der Waals surface area (Å²) < 4.78 is 5.57. The van der Waals surface area contributed by atoms with Crippen LogP contribution in [0.2, 0.25) is 0 Å². The Labute approximate surface area is 110 Å². The van der Waals surface area contributed by atoms with Crippen LogP contribution in [0.15, 0.2) is 53.5 Å². The van der Waals surface area contributed by atoms with Gasteiger partial charge in [-0.25, -0.2) is 9.79 Å². The Morgan fingerprint density at radius 2 is 1.84 bits per heavy atom. The summed E-state index contributed by atoms with van der Waals surface area (Å²) in [7, 11) is 0. The lowest BCUT2D eigenvalue weighted by atomic mass is 10.1. The zero-order valence-electron chi connectivity index (χ0n) is 10.0. The van der Waals surface area contributed by atoms with Crippen molar-refractivity contribution < 1.29 is 14.6 Å². The predicted octanol–water partition coefficient (Wildman–Crippen LogP) is 2.99. The van der Waals surface area contributed by atoms with E-state index in [1.807, 2.05) is 24.3 Å². The number of hydrogen-bond donors (Lipinski definition) is 1. The smallest absolute Gasteiger partial charge is 0.336 e. The molecule has 94 valence electrons. The van der Waals surface area contributed by atoms with E-state index in [0.717, 1.165) is 11.3 Å². The Kier molecular flexibility index (Phi) is 2.76. The zero-order chi connectivity index (χ0) is 13.2. The van der Waals surface area contributed by atoms with Gasteiger partial charge in [0.15, 0.2) is 0 Å². The maximum absolute atomic E-state index is 11.2.